The molecule has 0 fully saturated rings. The van der Waals surface area contributed by atoms with Crippen molar-refractivity contribution in [2.75, 3.05) is 0 Å². The van der Waals surface area contributed by atoms with Crippen LogP contribution in [0.25, 0.3) is 0 Å². The van der Waals surface area contributed by atoms with E-state index in [1.165, 1.54) is 57.8 Å². The van der Waals surface area contributed by atoms with Crippen LogP contribution in [-0.2, 0) is 12.8 Å². The highest BCUT2D eigenvalue weighted by Crippen LogP contribution is 2.26. The molecule has 1 aliphatic carbocycles. The summed E-state index contributed by atoms with van der Waals surface area (Å²) in [6, 6.07) is 2.47. The predicted octanol–water partition coefficient (Wildman–Crippen LogP) is 4.89. The molecule has 1 aromatic rings. The molecule has 1 aromatic heterocycles. The maximum absolute atomic E-state index is 2.47. The van der Waals surface area contributed by atoms with Crippen LogP contribution in [0.2, 0.25) is 0 Å². The van der Waals surface area contributed by atoms with E-state index in [9.17, 15) is 0 Å². The zero-order valence-electron chi connectivity index (χ0n) is 9.85. The quantitative estimate of drug-likeness (QED) is 0.586. The third-order valence-corrected chi connectivity index (χ3v) is 4.59. The maximum Gasteiger partial charge on any atom is 0.00509 e. The van der Waals surface area contributed by atoms with Crippen LogP contribution in [0, 0.1) is 6.92 Å². The summed E-state index contributed by atoms with van der Waals surface area (Å²) in [6.45, 7) is 2.29. The molecule has 2 bridgehead atoms. The minimum Gasteiger partial charge on any atom is -0.145 e. The van der Waals surface area contributed by atoms with E-state index in [0.29, 0.717) is 0 Å². The highest BCUT2D eigenvalue weighted by atomic mass is 32.1. The SMILES string of the molecule is Cc1sc2cc1CCCCCCCCC2. The average Bonchev–Trinajstić information content (AvgIpc) is 2.55. The Morgan fingerprint density at radius 1 is 0.867 bits per heavy atom. The zero-order valence-corrected chi connectivity index (χ0v) is 10.7. The van der Waals surface area contributed by atoms with Crippen LogP contribution in [0.3, 0.4) is 0 Å². The van der Waals surface area contributed by atoms with Gasteiger partial charge < -0.3 is 0 Å². The average molecular weight is 222 g/mol. The number of hydrogen-bond donors (Lipinski definition) is 0. The number of fused-ring (bicyclic) bond motifs is 2. The second-order valence-electron chi connectivity index (χ2n) is 4.77. The Balaban J connectivity index is 2.02. The molecule has 84 valence electrons. The molecular formula is C14H22S. The second kappa shape index (κ2) is 5.69. The zero-order chi connectivity index (χ0) is 10.5. The molecule has 0 saturated carbocycles. The van der Waals surface area contributed by atoms with E-state index >= 15 is 0 Å². The Bertz CT molecular complexity index is 298. The Morgan fingerprint density at radius 3 is 2.20 bits per heavy atom. The van der Waals surface area contributed by atoms with Crippen LogP contribution in [0.4, 0.5) is 0 Å². The first-order valence-corrected chi connectivity index (χ1v) is 7.26. The lowest BCUT2D eigenvalue weighted by Gasteiger charge is -2.03. The minimum absolute atomic E-state index is 1.32. The third kappa shape index (κ3) is 3.34. The minimum atomic E-state index is 1.32. The molecule has 0 saturated heterocycles. The van der Waals surface area contributed by atoms with Crippen LogP contribution < -0.4 is 0 Å². The smallest absolute Gasteiger partial charge is 0.00509 e. The number of thiophene rings is 1. The molecule has 0 radical (unpaired) electrons. The molecular weight excluding hydrogens is 200 g/mol. The Labute approximate surface area is 97.7 Å². The standard InChI is InChI=1S/C14H22S/c1-12-13-9-7-5-3-2-4-6-8-10-14(11-13)15-12/h11H,2-10H2,1H3. The van der Waals surface area contributed by atoms with Gasteiger partial charge in [0.05, 0.1) is 0 Å². The van der Waals surface area contributed by atoms with Crippen molar-refractivity contribution in [3.8, 4) is 0 Å². The lowest BCUT2D eigenvalue weighted by Crippen LogP contribution is -1.88. The van der Waals surface area contributed by atoms with Crippen molar-refractivity contribution >= 4 is 11.3 Å². The van der Waals surface area contributed by atoms with E-state index in [4.69, 9.17) is 0 Å². The van der Waals surface area contributed by atoms with Crippen molar-refractivity contribution < 1.29 is 0 Å². The van der Waals surface area contributed by atoms with E-state index in [2.05, 4.69) is 13.0 Å². The summed E-state index contributed by atoms with van der Waals surface area (Å²) in [4.78, 5) is 3.20. The summed E-state index contributed by atoms with van der Waals surface area (Å²) in [5.41, 5.74) is 1.63. The van der Waals surface area contributed by atoms with Gasteiger partial charge in [0.15, 0.2) is 0 Å². The van der Waals surface area contributed by atoms with E-state index in [-0.39, 0.29) is 0 Å². The van der Waals surface area contributed by atoms with Crippen LogP contribution in [-0.4, -0.2) is 0 Å². The largest absolute Gasteiger partial charge is 0.145 e. The van der Waals surface area contributed by atoms with Crippen molar-refractivity contribution in [1.29, 1.82) is 0 Å². The molecule has 0 aliphatic heterocycles. The van der Waals surface area contributed by atoms with Crippen molar-refractivity contribution in [1.82, 2.24) is 0 Å². The molecule has 0 aromatic carbocycles. The Hall–Kier alpha value is -0.300. The van der Waals surface area contributed by atoms with E-state index in [1.807, 2.05) is 11.3 Å². The highest BCUT2D eigenvalue weighted by molar-refractivity contribution is 7.12. The molecule has 15 heavy (non-hydrogen) atoms. The first-order valence-electron chi connectivity index (χ1n) is 6.44. The summed E-state index contributed by atoms with van der Waals surface area (Å²) in [5, 5.41) is 0. The van der Waals surface area contributed by atoms with Crippen LogP contribution in [0.5, 0.6) is 0 Å². The number of aryl methyl sites for hydroxylation is 3. The fourth-order valence-corrected chi connectivity index (χ4v) is 3.59. The molecule has 0 nitrogen and oxygen atoms in total. The maximum atomic E-state index is 2.47. The molecule has 1 aliphatic rings. The monoisotopic (exact) mass is 222 g/mol. The van der Waals surface area contributed by atoms with Crippen molar-refractivity contribution in [3.63, 3.8) is 0 Å². The van der Waals surface area contributed by atoms with E-state index in [1.54, 1.807) is 15.3 Å². The summed E-state index contributed by atoms with van der Waals surface area (Å²) in [5.74, 6) is 0. The second-order valence-corrected chi connectivity index (χ2v) is 6.11. The first-order chi connectivity index (χ1) is 7.36. The van der Waals surface area contributed by atoms with Gasteiger partial charge in [-0.2, -0.15) is 0 Å². The third-order valence-electron chi connectivity index (χ3n) is 3.44. The topological polar surface area (TPSA) is 0 Å². The summed E-state index contributed by atoms with van der Waals surface area (Å²) in [7, 11) is 0. The van der Waals surface area contributed by atoms with Gasteiger partial charge in [-0.1, -0.05) is 32.1 Å². The van der Waals surface area contributed by atoms with Gasteiger partial charge in [0.2, 0.25) is 0 Å². The lowest BCUT2D eigenvalue weighted by molar-refractivity contribution is 0.577. The molecule has 1 heterocycles. The highest BCUT2D eigenvalue weighted by Gasteiger charge is 2.06. The summed E-state index contributed by atoms with van der Waals surface area (Å²) in [6.07, 6.45) is 12.7. The van der Waals surface area contributed by atoms with E-state index < -0.39 is 0 Å². The fraction of sp³-hybridized carbons (Fsp3) is 0.714. The first kappa shape index (κ1) is 11.2. The predicted molar refractivity (Wildman–Crippen MR) is 68.8 cm³/mol. The van der Waals surface area contributed by atoms with Crippen molar-refractivity contribution in [2.45, 2.75) is 64.7 Å². The molecule has 2 rings (SSSR count). The van der Waals surface area contributed by atoms with Gasteiger partial charge in [0, 0.05) is 9.75 Å². The molecule has 0 N–H and O–H groups in total. The molecule has 0 atom stereocenters. The Kier molecular flexibility index (Phi) is 4.25. The molecule has 1 heteroatoms. The van der Waals surface area contributed by atoms with Crippen LogP contribution in [0.15, 0.2) is 6.07 Å². The normalized spacial score (nSPS) is 19.3. The van der Waals surface area contributed by atoms with Crippen molar-refractivity contribution in [2.24, 2.45) is 0 Å². The van der Waals surface area contributed by atoms with Gasteiger partial charge in [-0.3, -0.25) is 0 Å². The Morgan fingerprint density at radius 2 is 1.47 bits per heavy atom. The van der Waals surface area contributed by atoms with Crippen LogP contribution in [0.1, 0.15) is 60.3 Å². The van der Waals surface area contributed by atoms with Gasteiger partial charge >= 0.3 is 0 Å². The summed E-state index contributed by atoms with van der Waals surface area (Å²) < 4.78 is 0. The summed E-state index contributed by atoms with van der Waals surface area (Å²) >= 11 is 2.04. The lowest BCUT2D eigenvalue weighted by atomic mass is 10.0. The van der Waals surface area contributed by atoms with Crippen molar-refractivity contribution in [3.05, 3.63) is 21.4 Å². The van der Waals surface area contributed by atoms with Crippen LogP contribution >= 0.6 is 11.3 Å². The van der Waals surface area contributed by atoms with Gasteiger partial charge in [-0.25, -0.2) is 0 Å². The van der Waals surface area contributed by atoms with Gasteiger partial charge in [-0.05, 0) is 44.2 Å². The van der Waals surface area contributed by atoms with Gasteiger partial charge in [0.25, 0.3) is 0 Å². The van der Waals surface area contributed by atoms with E-state index in [0.717, 1.165) is 0 Å². The van der Waals surface area contributed by atoms with Gasteiger partial charge in [0.1, 0.15) is 0 Å². The van der Waals surface area contributed by atoms with Gasteiger partial charge in [-0.15, -0.1) is 11.3 Å². The molecule has 0 unspecified atom stereocenters. The number of hydrogen-bond acceptors (Lipinski definition) is 1. The number of rotatable bonds is 0. The molecule has 0 amide bonds. The molecule has 0 spiro atoms. The fourth-order valence-electron chi connectivity index (χ4n) is 2.46.